The number of hydrogen-bond donors (Lipinski definition) is 0. The van der Waals surface area contributed by atoms with Crippen LogP contribution < -0.4 is 4.90 Å². The lowest BCUT2D eigenvalue weighted by molar-refractivity contribution is -0.131. The minimum Gasteiger partial charge on any atom is -0.464 e. The van der Waals surface area contributed by atoms with E-state index in [-0.39, 0.29) is 18.3 Å². The Bertz CT molecular complexity index is 709. The fraction of sp³-hybridized carbons (Fsp3) is 0.421. The summed E-state index contributed by atoms with van der Waals surface area (Å²) >= 11 is 0. The number of carbonyl (C=O) groups excluding carboxylic acids is 1. The number of halogens is 1. The number of rotatable bonds is 7. The number of benzene rings is 1. The van der Waals surface area contributed by atoms with Crippen molar-refractivity contribution in [2.75, 3.05) is 18.0 Å². The number of likely N-dealkylation sites (N-methyl/N-ethyl adjacent to an activating group) is 1. The summed E-state index contributed by atoms with van der Waals surface area (Å²) in [6, 6.07) is 10.5. The average molecular weight is 330 g/mol. The molecule has 1 aliphatic carbocycles. The lowest BCUT2D eigenvalue weighted by Gasteiger charge is -2.27. The molecule has 0 atom stereocenters. The summed E-state index contributed by atoms with van der Waals surface area (Å²) in [6.07, 6.45) is 2.08. The maximum atomic E-state index is 13.5. The maximum absolute atomic E-state index is 13.5. The van der Waals surface area contributed by atoms with E-state index in [1.807, 2.05) is 41.8 Å². The van der Waals surface area contributed by atoms with E-state index < -0.39 is 0 Å². The SMILES string of the molecule is CCN(CC(=O)N(Cc1ccc(C)o1)C1CC1)c1cccc(F)c1. The Balaban J connectivity index is 1.70. The van der Waals surface area contributed by atoms with Gasteiger partial charge in [0.2, 0.25) is 5.91 Å². The quantitative estimate of drug-likeness (QED) is 0.776. The van der Waals surface area contributed by atoms with Crippen LogP contribution in [0.25, 0.3) is 0 Å². The molecule has 0 unspecified atom stereocenters. The molecule has 0 N–H and O–H groups in total. The molecule has 0 bridgehead atoms. The van der Waals surface area contributed by atoms with Crippen molar-refractivity contribution < 1.29 is 13.6 Å². The average Bonchev–Trinajstić information content (AvgIpc) is 3.32. The summed E-state index contributed by atoms with van der Waals surface area (Å²) in [4.78, 5) is 16.6. The number of hydrogen-bond acceptors (Lipinski definition) is 3. The van der Waals surface area contributed by atoms with Gasteiger partial charge in [-0.25, -0.2) is 4.39 Å². The van der Waals surface area contributed by atoms with Crippen molar-refractivity contribution in [1.29, 1.82) is 0 Å². The smallest absolute Gasteiger partial charge is 0.242 e. The van der Waals surface area contributed by atoms with Crippen LogP contribution >= 0.6 is 0 Å². The van der Waals surface area contributed by atoms with Gasteiger partial charge in [0.25, 0.3) is 0 Å². The number of anilines is 1. The van der Waals surface area contributed by atoms with Crippen LogP contribution in [0, 0.1) is 12.7 Å². The molecule has 1 aromatic carbocycles. The minimum atomic E-state index is -0.288. The van der Waals surface area contributed by atoms with Gasteiger partial charge in [-0.05, 0) is 57.0 Å². The number of nitrogens with zero attached hydrogens (tertiary/aromatic N) is 2. The fourth-order valence-electron chi connectivity index (χ4n) is 2.86. The summed E-state index contributed by atoms with van der Waals surface area (Å²) in [7, 11) is 0. The van der Waals surface area contributed by atoms with Gasteiger partial charge in [0.05, 0.1) is 13.1 Å². The second-order valence-corrected chi connectivity index (χ2v) is 6.26. The Hall–Kier alpha value is -2.30. The first-order valence-electron chi connectivity index (χ1n) is 8.42. The van der Waals surface area contributed by atoms with E-state index >= 15 is 0 Å². The summed E-state index contributed by atoms with van der Waals surface area (Å²) < 4.78 is 19.1. The van der Waals surface area contributed by atoms with Crippen LogP contribution in [0.1, 0.15) is 31.3 Å². The van der Waals surface area contributed by atoms with E-state index in [2.05, 4.69) is 0 Å². The first-order chi connectivity index (χ1) is 11.6. The van der Waals surface area contributed by atoms with Gasteiger partial charge >= 0.3 is 0 Å². The second kappa shape index (κ2) is 7.07. The third-order valence-corrected chi connectivity index (χ3v) is 4.31. The molecule has 1 fully saturated rings. The first kappa shape index (κ1) is 16.6. The Morgan fingerprint density at radius 1 is 1.29 bits per heavy atom. The predicted octanol–water partition coefficient (Wildman–Crippen LogP) is 3.74. The standard InChI is InChI=1S/C19H23FN2O2/c1-3-21(17-6-4-5-15(20)11-17)13-19(23)22(16-8-9-16)12-18-10-7-14(2)24-18/h4-7,10-11,16H,3,8-9,12-13H2,1-2H3. The molecular formula is C19H23FN2O2. The highest BCUT2D eigenvalue weighted by atomic mass is 19.1. The molecule has 2 aromatic rings. The largest absolute Gasteiger partial charge is 0.464 e. The molecule has 4 nitrogen and oxygen atoms in total. The van der Waals surface area contributed by atoms with E-state index in [1.165, 1.54) is 12.1 Å². The van der Waals surface area contributed by atoms with Gasteiger partial charge in [0, 0.05) is 18.3 Å². The van der Waals surface area contributed by atoms with Crippen LogP contribution in [0.3, 0.4) is 0 Å². The van der Waals surface area contributed by atoms with Gasteiger partial charge in [-0.1, -0.05) is 6.07 Å². The fourth-order valence-corrected chi connectivity index (χ4v) is 2.86. The topological polar surface area (TPSA) is 36.7 Å². The molecule has 1 aliphatic rings. The molecule has 3 rings (SSSR count). The summed E-state index contributed by atoms with van der Waals surface area (Å²) in [5.41, 5.74) is 0.732. The van der Waals surface area contributed by atoms with Crippen molar-refractivity contribution in [3.05, 3.63) is 53.7 Å². The van der Waals surface area contributed by atoms with Crippen LogP contribution in [-0.4, -0.2) is 29.9 Å². The van der Waals surface area contributed by atoms with Crippen molar-refractivity contribution in [3.8, 4) is 0 Å². The molecule has 5 heteroatoms. The molecule has 0 aliphatic heterocycles. The van der Waals surface area contributed by atoms with E-state index in [1.54, 1.807) is 6.07 Å². The molecule has 0 saturated heterocycles. The van der Waals surface area contributed by atoms with E-state index in [0.29, 0.717) is 19.1 Å². The third-order valence-electron chi connectivity index (χ3n) is 4.31. The zero-order valence-electron chi connectivity index (χ0n) is 14.2. The summed E-state index contributed by atoms with van der Waals surface area (Å²) in [5, 5.41) is 0. The molecule has 1 saturated carbocycles. The van der Waals surface area contributed by atoms with Crippen LogP contribution in [0.5, 0.6) is 0 Å². The van der Waals surface area contributed by atoms with Gasteiger partial charge in [0.1, 0.15) is 17.3 Å². The van der Waals surface area contributed by atoms with Crippen molar-refractivity contribution >= 4 is 11.6 Å². The highest BCUT2D eigenvalue weighted by molar-refractivity contribution is 5.82. The summed E-state index contributed by atoms with van der Waals surface area (Å²) in [5.74, 6) is 1.42. The molecule has 0 radical (unpaired) electrons. The van der Waals surface area contributed by atoms with Crippen LogP contribution in [-0.2, 0) is 11.3 Å². The number of aryl methyl sites for hydroxylation is 1. The molecular weight excluding hydrogens is 307 g/mol. The first-order valence-corrected chi connectivity index (χ1v) is 8.42. The zero-order chi connectivity index (χ0) is 17.1. The highest BCUT2D eigenvalue weighted by Gasteiger charge is 2.33. The van der Waals surface area contributed by atoms with Crippen LogP contribution in [0.4, 0.5) is 10.1 Å². The molecule has 1 aromatic heterocycles. The molecule has 128 valence electrons. The van der Waals surface area contributed by atoms with E-state index in [9.17, 15) is 9.18 Å². The lowest BCUT2D eigenvalue weighted by atomic mass is 10.2. The van der Waals surface area contributed by atoms with Crippen molar-refractivity contribution in [1.82, 2.24) is 4.90 Å². The minimum absolute atomic E-state index is 0.0534. The number of amides is 1. The number of carbonyl (C=O) groups is 1. The maximum Gasteiger partial charge on any atom is 0.242 e. The summed E-state index contributed by atoms with van der Waals surface area (Å²) in [6.45, 7) is 5.26. The molecule has 0 spiro atoms. The Labute approximate surface area is 141 Å². The zero-order valence-corrected chi connectivity index (χ0v) is 14.2. The van der Waals surface area contributed by atoms with Gasteiger partial charge < -0.3 is 14.2 Å². The molecule has 24 heavy (non-hydrogen) atoms. The van der Waals surface area contributed by atoms with Gasteiger partial charge in [0.15, 0.2) is 0 Å². The Kier molecular flexibility index (Phi) is 4.88. The molecule has 1 heterocycles. The van der Waals surface area contributed by atoms with Crippen LogP contribution in [0.15, 0.2) is 40.8 Å². The monoisotopic (exact) mass is 330 g/mol. The second-order valence-electron chi connectivity index (χ2n) is 6.26. The van der Waals surface area contributed by atoms with Gasteiger partial charge in [-0.3, -0.25) is 4.79 Å². The van der Waals surface area contributed by atoms with Crippen molar-refractivity contribution in [3.63, 3.8) is 0 Å². The predicted molar refractivity (Wildman–Crippen MR) is 91.3 cm³/mol. The normalized spacial score (nSPS) is 13.8. The van der Waals surface area contributed by atoms with E-state index in [0.717, 1.165) is 30.0 Å². The molecule has 1 amide bonds. The van der Waals surface area contributed by atoms with Crippen molar-refractivity contribution in [2.45, 2.75) is 39.3 Å². The highest BCUT2D eigenvalue weighted by Crippen LogP contribution is 2.29. The van der Waals surface area contributed by atoms with Gasteiger partial charge in [-0.15, -0.1) is 0 Å². The Morgan fingerprint density at radius 3 is 2.67 bits per heavy atom. The van der Waals surface area contributed by atoms with Gasteiger partial charge in [-0.2, -0.15) is 0 Å². The van der Waals surface area contributed by atoms with Crippen LogP contribution in [0.2, 0.25) is 0 Å². The number of furan rings is 1. The third kappa shape index (κ3) is 3.96. The van der Waals surface area contributed by atoms with E-state index in [4.69, 9.17) is 4.42 Å². The van der Waals surface area contributed by atoms with Crippen molar-refractivity contribution in [2.24, 2.45) is 0 Å². The Morgan fingerprint density at radius 2 is 2.08 bits per heavy atom. The lowest BCUT2D eigenvalue weighted by Crippen LogP contribution is -2.41.